The van der Waals surface area contributed by atoms with Gasteiger partial charge in [0.25, 0.3) is 0 Å². The van der Waals surface area contributed by atoms with E-state index in [1.54, 1.807) is 10.8 Å². The highest BCUT2D eigenvalue weighted by Crippen LogP contribution is 2.24. The zero-order valence-corrected chi connectivity index (χ0v) is 14.5. The lowest BCUT2D eigenvalue weighted by Crippen LogP contribution is -2.04. The van der Waals surface area contributed by atoms with Crippen LogP contribution in [0.3, 0.4) is 0 Å². The van der Waals surface area contributed by atoms with Crippen LogP contribution in [0.4, 0.5) is 5.82 Å². The number of nitrogens with one attached hydrogen (secondary N) is 1. The quantitative estimate of drug-likeness (QED) is 0.442. The van der Waals surface area contributed by atoms with Crippen LogP contribution in [-0.4, -0.2) is 32.1 Å². The van der Waals surface area contributed by atoms with Crippen molar-refractivity contribution in [3.05, 3.63) is 60.4 Å². The summed E-state index contributed by atoms with van der Waals surface area (Å²) in [5.74, 6) is 1.50. The van der Waals surface area contributed by atoms with E-state index in [2.05, 4.69) is 25.8 Å². The van der Waals surface area contributed by atoms with E-state index in [9.17, 15) is 0 Å². The van der Waals surface area contributed by atoms with Crippen LogP contribution in [-0.2, 0) is 0 Å². The number of hydrogen-bond donors (Lipinski definition) is 1. The molecule has 2 aromatic carbocycles. The van der Waals surface area contributed by atoms with Crippen molar-refractivity contribution in [2.75, 3.05) is 12.0 Å². The lowest BCUT2D eigenvalue weighted by molar-refractivity contribution is 0.340. The molecular weight excluding hydrogens is 328 g/mol. The Bertz CT molecular complexity index is 1080. The van der Waals surface area contributed by atoms with Crippen LogP contribution < -0.4 is 10.2 Å². The molecule has 2 aromatic heterocycles. The second-order valence-corrected chi connectivity index (χ2v) is 5.76. The largest absolute Gasteiger partial charge is 0.494 e. The fraction of sp³-hybridized carbons (Fsp3) is 0.158. The van der Waals surface area contributed by atoms with Crippen molar-refractivity contribution in [2.45, 2.75) is 13.8 Å². The van der Waals surface area contributed by atoms with E-state index in [1.807, 2.05) is 62.4 Å². The lowest BCUT2D eigenvalue weighted by Gasteiger charge is -2.08. The van der Waals surface area contributed by atoms with Gasteiger partial charge in [0.1, 0.15) is 12.1 Å². The second-order valence-electron chi connectivity index (χ2n) is 5.76. The van der Waals surface area contributed by atoms with Crippen molar-refractivity contribution < 1.29 is 4.74 Å². The monoisotopic (exact) mass is 346 g/mol. The predicted molar refractivity (Wildman–Crippen MR) is 102 cm³/mol. The number of benzene rings is 2. The van der Waals surface area contributed by atoms with Gasteiger partial charge in [0, 0.05) is 10.8 Å². The summed E-state index contributed by atoms with van der Waals surface area (Å²) in [7, 11) is 0. The van der Waals surface area contributed by atoms with Gasteiger partial charge in [0.05, 0.1) is 12.3 Å². The van der Waals surface area contributed by atoms with Gasteiger partial charge in [-0.2, -0.15) is 9.62 Å². The minimum atomic E-state index is 0.651. The number of aromatic nitrogens is 4. The second kappa shape index (κ2) is 6.79. The van der Waals surface area contributed by atoms with Crippen molar-refractivity contribution in [1.82, 2.24) is 19.8 Å². The van der Waals surface area contributed by atoms with Crippen molar-refractivity contribution in [3.63, 3.8) is 0 Å². The molecule has 130 valence electrons. The fourth-order valence-corrected chi connectivity index (χ4v) is 2.77. The molecule has 4 rings (SSSR count). The molecule has 0 aliphatic rings. The molecule has 1 N–H and O–H groups in total. The van der Waals surface area contributed by atoms with Gasteiger partial charge in [-0.3, -0.25) is 5.43 Å². The summed E-state index contributed by atoms with van der Waals surface area (Å²) < 4.78 is 7.12. The molecule has 7 heteroatoms. The summed E-state index contributed by atoms with van der Waals surface area (Å²) in [5.41, 5.74) is 5.66. The standard InChI is InChI=1S/C19H18N6O/c1-3-26-15-10-8-14(9-11-15)13(2)21-22-18-16-6-4-5-7-17(16)19-23-20-12-25(19)24-18/h4-12H,3H2,1-2H3,(H,22,24). The molecule has 0 bridgehead atoms. The molecule has 2 heterocycles. The first kappa shape index (κ1) is 16.0. The molecule has 0 aliphatic carbocycles. The molecule has 0 radical (unpaired) electrons. The first-order valence-corrected chi connectivity index (χ1v) is 8.38. The molecule has 4 aromatic rings. The van der Waals surface area contributed by atoms with Crippen molar-refractivity contribution >= 4 is 27.9 Å². The molecule has 0 spiro atoms. The lowest BCUT2D eigenvalue weighted by atomic mass is 10.1. The number of ether oxygens (including phenoxy) is 1. The Hall–Kier alpha value is -3.48. The molecule has 0 saturated carbocycles. The maximum atomic E-state index is 5.47. The highest BCUT2D eigenvalue weighted by atomic mass is 16.5. The van der Waals surface area contributed by atoms with Crippen LogP contribution >= 0.6 is 0 Å². The Balaban J connectivity index is 1.66. The average Bonchev–Trinajstić information content (AvgIpc) is 3.15. The van der Waals surface area contributed by atoms with E-state index >= 15 is 0 Å². The van der Waals surface area contributed by atoms with E-state index in [1.165, 1.54) is 0 Å². The van der Waals surface area contributed by atoms with Crippen LogP contribution in [0.2, 0.25) is 0 Å². The van der Waals surface area contributed by atoms with Crippen LogP contribution in [0, 0.1) is 0 Å². The smallest absolute Gasteiger partial charge is 0.185 e. The zero-order valence-electron chi connectivity index (χ0n) is 14.5. The van der Waals surface area contributed by atoms with E-state index in [0.717, 1.165) is 33.4 Å². The molecule has 0 unspecified atom stereocenters. The predicted octanol–water partition coefficient (Wildman–Crippen LogP) is 3.51. The number of nitrogens with zero attached hydrogens (tertiary/aromatic N) is 5. The normalized spacial score (nSPS) is 11.8. The molecule has 0 atom stereocenters. The zero-order chi connectivity index (χ0) is 17.9. The fourth-order valence-electron chi connectivity index (χ4n) is 2.77. The van der Waals surface area contributed by atoms with Gasteiger partial charge in [-0.15, -0.1) is 15.3 Å². The Morgan fingerprint density at radius 1 is 1.12 bits per heavy atom. The number of hydrazone groups is 1. The molecule has 0 amide bonds. The minimum absolute atomic E-state index is 0.651. The van der Waals surface area contributed by atoms with Gasteiger partial charge in [0.15, 0.2) is 11.5 Å². The number of anilines is 1. The summed E-state index contributed by atoms with van der Waals surface area (Å²) in [6.07, 6.45) is 1.58. The summed E-state index contributed by atoms with van der Waals surface area (Å²) in [6.45, 7) is 4.56. The molecule has 0 saturated heterocycles. The summed E-state index contributed by atoms with van der Waals surface area (Å²) in [4.78, 5) is 0. The summed E-state index contributed by atoms with van der Waals surface area (Å²) >= 11 is 0. The first-order chi connectivity index (χ1) is 12.8. The van der Waals surface area contributed by atoms with Crippen LogP contribution in [0.15, 0.2) is 60.0 Å². The third-order valence-electron chi connectivity index (χ3n) is 4.07. The molecule has 0 aliphatic heterocycles. The number of fused-ring (bicyclic) bond motifs is 3. The third kappa shape index (κ3) is 2.95. The first-order valence-electron chi connectivity index (χ1n) is 8.38. The average molecular weight is 346 g/mol. The molecule has 26 heavy (non-hydrogen) atoms. The third-order valence-corrected chi connectivity index (χ3v) is 4.07. The maximum absolute atomic E-state index is 5.47. The summed E-state index contributed by atoms with van der Waals surface area (Å²) in [5, 5.41) is 19.0. The van der Waals surface area contributed by atoms with Crippen LogP contribution in [0.1, 0.15) is 19.4 Å². The Morgan fingerprint density at radius 3 is 2.65 bits per heavy atom. The van der Waals surface area contributed by atoms with Gasteiger partial charge in [-0.1, -0.05) is 24.3 Å². The molecular formula is C19H18N6O. The minimum Gasteiger partial charge on any atom is -0.494 e. The van der Waals surface area contributed by atoms with E-state index in [0.29, 0.717) is 12.4 Å². The summed E-state index contributed by atoms with van der Waals surface area (Å²) in [6, 6.07) is 15.8. The SMILES string of the molecule is CCOc1ccc(C(C)=NNc2nn3cnnc3c3ccccc23)cc1. The van der Waals surface area contributed by atoms with Crippen LogP contribution in [0.5, 0.6) is 5.75 Å². The van der Waals surface area contributed by atoms with E-state index < -0.39 is 0 Å². The van der Waals surface area contributed by atoms with Gasteiger partial charge in [0.2, 0.25) is 0 Å². The number of hydrogen-bond acceptors (Lipinski definition) is 6. The van der Waals surface area contributed by atoms with E-state index in [-0.39, 0.29) is 0 Å². The highest BCUT2D eigenvalue weighted by molar-refractivity contribution is 6.01. The Labute approximate surface area is 150 Å². The Morgan fingerprint density at radius 2 is 1.88 bits per heavy atom. The maximum Gasteiger partial charge on any atom is 0.185 e. The topological polar surface area (TPSA) is 76.7 Å². The van der Waals surface area contributed by atoms with Gasteiger partial charge >= 0.3 is 0 Å². The van der Waals surface area contributed by atoms with Crippen molar-refractivity contribution in [3.8, 4) is 5.75 Å². The highest BCUT2D eigenvalue weighted by Gasteiger charge is 2.09. The molecule has 7 nitrogen and oxygen atoms in total. The van der Waals surface area contributed by atoms with Gasteiger partial charge < -0.3 is 4.74 Å². The van der Waals surface area contributed by atoms with Crippen LogP contribution in [0.25, 0.3) is 16.4 Å². The molecule has 0 fully saturated rings. The van der Waals surface area contributed by atoms with E-state index in [4.69, 9.17) is 4.74 Å². The van der Waals surface area contributed by atoms with Crippen molar-refractivity contribution in [2.24, 2.45) is 5.10 Å². The number of rotatable bonds is 5. The Kier molecular flexibility index (Phi) is 4.18. The van der Waals surface area contributed by atoms with Gasteiger partial charge in [-0.05, 0) is 43.7 Å². The van der Waals surface area contributed by atoms with Gasteiger partial charge in [-0.25, -0.2) is 0 Å². The van der Waals surface area contributed by atoms with Crippen molar-refractivity contribution in [1.29, 1.82) is 0 Å².